The maximum absolute atomic E-state index is 11.2. The number of ether oxygens (including phenoxy) is 2. The predicted molar refractivity (Wildman–Crippen MR) is 58.2 cm³/mol. The number of carbonyl (C=O) groups is 1. The second kappa shape index (κ2) is 8.32. The predicted octanol–water partition coefficient (Wildman–Crippen LogP) is -0.118. The smallest absolute Gasteiger partial charge is 0.407 e. The summed E-state index contributed by atoms with van der Waals surface area (Å²) in [7, 11) is 0. The molecule has 0 atom stereocenters. The van der Waals surface area contributed by atoms with Crippen LogP contribution in [0.15, 0.2) is 0 Å². The number of nitrogens with one attached hydrogen (secondary N) is 1. The molecule has 0 aliphatic carbocycles. The first-order chi connectivity index (χ1) is 7.52. The molecule has 3 N–H and O–H groups in total. The molecule has 0 aromatic rings. The van der Waals surface area contributed by atoms with Gasteiger partial charge in [0.1, 0.15) is 5.60 Å². The van der Waals surface area contributed by atoms with Crippen molar-refractivity contribution in [2.75, 3.05) is 33.0 Å². The third kappa shape index (κ3) is 8.46. The van der Waals surface area contributed by atoms with Gasteiger partial charge in [0.15, 0.2) is 0 Å². The Balaban J connectivity index is 3.58. The average molecular weight is 235 g/mol. The normalized spacial score (nSPS) is 11.2. The van der Waals surface area contributed by atoms with Gasteiger partial charge in [0.05, 0.1) is 19.8 Å². The highest BCUT2D eigenvalue weighted by atomic mass is 16.6. The van der Waals surface area contributed by atoms with Gasteiger partial charge in [-0.2, -0.15) is 0 Å². The van der Waals surface area contributed by atoms with Crippen molar-refractivity contribution in [1.29, 1.82) is 0 Å². The summed E-state index contributed by atoms with van der Waals surface area (Å²) < 4.78 is 10.0. The summed E-state index contributed by atoms with van der Waals surface area (Å²) in [5, 5.41) is 19.7. The zero-order valence-corrected chi connectivity index (χ0v) is 9.86. The van der Waals surface area contributed by atoms with Gasteiger partial charge in [-0.15, -0.1) is 0 Å². The second-order valence-electron chi connectivity index (χ2n) is 3.89. The molecule has 0 unspecified atom stereocenters. The van der Waals surface area contributed by atoms with Crippen molar-refractivity contribution in [3.63, 3.8) is 0 Å². The molecule has 6 nitrogen and oxygen atoms in total. The lowest BCUT2D eigenvalue weighted by Gasteiger charge is -2.24. The number of rotatable bonds is 8. The third-order valence-electron chi connectivity index (χ3n) is 1.83. The first-order valence-corrected chi connectivity index (χ1v) is 5.28. The molecule has 0 spiro atoms. The van der Waals surface area contributed by atoms with E-state index in [9.17, 15) is 4.79 Å². The number of aliphatic hydroxyl groups is 2. The Labute approximate surface area is 95.6 Å². The minimum absolute atomic E-state index is 0.0279. The van der Waals surface area contributed by atoms with Crippen LogP contribution in [0, 0.1) is 0 Å². The fourth-order valence-corrected chi connectivity index (χ4v) is 0.999. The summed E-state index contributed by atoms with van der Waals surface area (Å²) in [6.07, 6.45) is -0.146. The van der Waals surface area contributed by atoms with Crippen LogP contribution in [0.1, 0.15) is 20.3 Å². The first-order valence-electron chi connectivity index (χ1n) is 5.28. The van der Waals surface area contributed by atoms with Crippen LogP contribution in [0.25, 0.3) is 0 Å². The fourth-order valence-electron chi connectivity index (χ4n) is 0.999. The molecule has 16 heavy (non-hydrogen) atoms. The molecule has 6 heteroatoms. The molecule has 0 aliphatic heterocycles. The molecule has 0 bridgehead atoms. The van der Waals surface area contributed by atoms with Gasteiger partial charge >= 0.3 is 6.09 Å². The van der Waals surface area contributed by atoms with Gasteiger partial charge < -0.3 is 25.0 Å². The largest absolute Gasteiger partial charge is 0.443 e. The van der Waals surface area contributed by atoms with Gasteiger partial charge in [0, 0.05) is 19.6 Å². The van der Waals surface area contributed by atoms with Crippen LogP contribution in [0.4, 0.5) is 4.79 Å². The SMILES string of the molecule is CC(C)(CCO)OC(=O)NCCOCCO. The minimum atomic E-state index is -0.676. The fraction of sp³-hybridized carbons (Fsp3) is 0.900. The standard InChI is InChI=1S/C10H21NO5/c1-10(2,3-5-12)16-9(14)11-4-7-15-8-6-13/h12-13H,3-8H2,1-2H3,(H,11,14). The van der Waals surface area contributed by atoms with E-state index in [1.807, 2.05) is 0 Å². The first kappa shape index (κ1) is 15.2. The van der Waals surface area contributed by atoms with Crippen LogP contribution in [-0.2, 0) is 9.47 Å². The number of hydrogen-bond acceptors (Lipinski definition) is 5. The van der Waals surface area contributed by atoms with Crippen LogP contribution >= 0.6 is 0 Å². The summed E-state index contributed by atoms with van der Waals surface area (Å²) in [6.45, 7) is 4.31. The second-order valence-corrected chi connectivity index (χ2v) is 3.89. The van der Waals surface area contributed by atoms with Crippen LogP contribution in [-0.4, -0.2) is 54.9 Å². The summed E-state index contributed by atoms with van der Waals surface area (Å²) in [6, 6.07) is 0. The highest BCUT2D eigenvalue weighted by Gasteiger charge is 2.21. The molecule has 0 heterocycles. The zero-order chi connectivity index (χ0) is 12.4. The van der Waals surface area contributed by atoms with Crippen LogP contribution in [0.5, 0.6) is 0 Å². The zero-order valence-electron chi connectivity index (χ0n) is 9.86. The van der Waals surface area contributed by atoms with Crippen molar-refractivity contribution in [2.24, 2.45) is 0 Å². The van der Waals surface area contributed by atoms with Gasteiger partial charge in [-0.3, -0.25) is 0 Å². The molecule has 0 aliphatic rings. The number of aliphatic hydroxyl groups excluding tert-OH is 2. The maximum Gasteiger partial charge on any atom is 0.407 e. The van der Waals surface area contributed by atoms with E-state index in [1.54, 1.807) is 13.8 Å². The number of hydrogen-bond donors (Lipinski definition) is 3. The van der Waals surface area contributed by atoms with Crippen molar-refractivity contribution in [3.8, 4) is 0 Å². The monoisotopic (exact) mass is 235 g/mol. The molecule has 0 saturated carbocycles. The Bertz CT molecular complexity index is 196. The average Bonchev–Trinajstić information content (AvgIpc) is 2.16. The number of alkyl carbamates (subject to hydrolysis) is 1. The van der Waals surface area contributed by atoms with Crippen molar-refractivity contribution >= 4 is 6.09 Å². The molecule has 1 amide bonds. The Morgan fingerprint density at radius 1 is 1.25 bits per heavy atom. The van der Waals surface area contributed by atoms with E-state index in [-0.39, 0.29) is 19.8 Å². The molecule has 0 aromatic heterocycles. The van der Waals surface area contributed by atoms with Crippen molar-refractivity contribution in [2.45, 2.75) is 25.9 Å². The van der Waals surface area contributed by atoms with E-state index >= 15 is 0 Å². The van der Waals surface area contributed by atoms with Gasteiger partial charge in [0.25, 0.3) is 0 Å². The lowest BCUT2D eigenvalue weighted by molar-refractivity contribution is 0.0192. The Morgan fingerprint density at radius 2 is 1.94 bits per heavy atom. The number of amides is 1. The third-order valence-corrected chi connectivity index (χ3v) is 1.83. The Morgan fingerprint density at radius 3 is 2.50 bits per heavy atom. The van der Waals surface area contributed by atoms with Crippen LogP contribution in [0.2, 0.25) is 0 Å². The van der Waals surface area contributed by atoms with E-state index in [1.165, 1.54) is 0 Å². The van der Waals surface area contributed by atoms with Gasteiger partial charge in [-0.1, -0.05) is 0 Å². The number of carbonyl (C=O) groups excluding carboxylic acids is 1. The lowest BCUT2D eigenvalue weighted by atomic mass is 10.1. The molecule has 96 valence electrons. The van der Waals surface area contributed by atoms with E-state index in [2.05, 4.69) is 5.32 Å². The van der Waals surface area contributed by atoms with Crippen molar-refractivity contribution in [3.05, 3.63) is 0 Å². The molecule has 0 fully saturated rings. The van der Waals surface area contributed by atoms with E-state index in [0.717, 1.165) is 0 Å². The summed E-state index contributed by atoms with van der Waals surface area (Å²) in [4.78, 5) is 11.2. The maximum atomic E-state index is 11.2. The quantitative estimate of drug-likeness (QED) is 0.511. The van der Waals surface area contributed by atoms with E-state index in [4.69, 9.17) is 19.7 Å². The van der Waals surface area contributed by atoms with Gasteiger partial charge in [0.2, 0.25) is 0 Å². The lowest BCUT2D eigenvalue weighted by Crippen LogP contribution is -2.36. The van der Waals surface area contributed by atoms with E-state index < -0.39 is 11.7 Å². The molecule has 0 radical (unpaired) electrons. The highest BCUT2D eigenvalue weighted by Crippen LogP contribution is 2.13. The van der Waals surface area contributed by atoms with Crippen molar-refractivity contribution in [1.82, 2.24) is 5.32 Å². The molecular weight excluding hydrogens is 214 g/mol. The van der Waals surface area contributed by atoms with Crippen LogP contribution < -0.4 is 5.32 Å². The van der Waals surface area contributed by atoms with Crippen molar-refractivity contribution < 1.29 is 24.5 Å². The highest BCUT2D eigenvalue weighted by molar-refractivity contribution is 5.67. The summed E-state index contributed by atoms with van der Waals surface area (Å²) >= 11 is 0. The molecular formula is C10H21NO5. The van der Waals surface area contributed by atoms with E-state index in [0.29, 0.717) is 19.6 Å². The topological polar surface area (TPSA) is 88.0 Å². The summed E-state index contributed by atoms with van der Waals surface area (Å²) in [5.74, 6) is 0. The molecule has 0 rings (SSSR count). The Hall–Kier alpha value is -0.850. The minimum Gasteiger partial charge on any atom is -0.443 e. The Kier molecular flexibility index (Phi) is 7.88. The molecule has 0 aromatic carbocycles. The van der Waals surface area contributed by atoms with Gasteiger partial charge in [-0.05, 0) is 13.8 Å². The summed E-state index contributed by atoms with van der Waals surface area (Å²) in [5.41, 5.74) is -0.676. The van der Waals surface area contributed by atoms with Gasteiger partial charge in [-0.25, -0.2) is 4.79 Å². The van der Waals surface area contributed by atoms with Crippen LogP contribution in [0.3, 0.4) is 0 Å². The molecule has 0 saturated heterocycles.